The van der Waals surface area contributed by atoms with Crippen molar-refractivity contribution in [2.75, 3.05) is 0 Å². The van der Waals surface area contributed by atoms with E-state index in [4.69, 9.17) is 11.6 Å². The fourth-order valence-electron chi connectivity index (χ4n) is 2.16. The van der Waals surface area contributed by atoms with E-state index in [0.29, 0.717) is 5.02 Å². The van der Waals surface area contributed by atoms with E-state index in [-0.39, 0.29) is 5.41 Å². The van der Waals surface area contributed by atoms with Crippen molar-refractivity contribution in [2.45, 2.75) is 50.2 Å². The van der Waals surface area contributed by atoms with Gasteiger partial charge in [-0.3, -0.25) is 0 Å². The van der Waals surface area contributed by atoms with Gasteiger partial charge >= 0.3 is 0 Å². The second kappa shape index (κ2) is 5.15. The van der Waals surface area contributed by atoms with Crippen LogP contribution in [-0.4, -0.2) is 19.4 Å². The standard InChI is InChI=1S/C15H20ClNO2S/c1-14(2,3)20(18,19)17-11-15(9-4-10-15)12-5-7-13(16)8-6-12/h5-8,11H,4,9-10H2,1-3H3. The van der Waals surface area contributed by atoms with E-state index < -0.39 is 14.8 Å². The average Bonchev–Trinajstić information content (AvgIpc) is 2.28. The third kappa shape index (κ3) is 2.91. The van der Waals surface area contributed by atoms with Gasteiger partial charge in [-0.1, -0.05) is 30.2 Å². The molecule has 5 heteroatoms. The Hall–Kier alpha value is -0.870. The van der Waals surface area contributed by atoms with Gasteiger partial charge in [0.05, 0.1) is 4.75 Å². The van der Waals surface area contributed by atoms with Crippen molar-refractivity contribution in [1.29, 1.82) is 0 Å². The Balaban J connectivity index is 2.32. The van der Waals surface area contributed by atoms with Crippen molar-refractivity contribution >= 4 is 27.8 Å². The van der Waals surface area contributed by atoms with Crippen LogP contribution in [0.3, 0.4) is 0 Å². The highest BCUT2D eigenvalue weighted by Crippen LogP contribution is 2.42. The molecule has 0 radical (unpaired) electrons. The molecule has 0 bridgehead atoms. The molecular formula is C15H20ClNO2S. The van der Waals surface area contributed by atoms with Crippen LogP contribution in [0, 0.1) is 0 Å². The van der Waals surface area contributed by atoms with Gasteiger partial charge in [-0.25, -0.2) is 8.42 Å². The fraction of sp³-hybridized carbons (Fsp3) is 0.533. The van der Waals surface area contributed by atoms with Gasteiger partial charge in [0.25, 0.3) is 10.0 Å². The lowest BCUT2D eigenvalue weighted by Crippen LogP contribution is -2.37. The molecule has 1 aliphatic rings. The summed E-state index contributed by atoms with van der Waals surface area (Å²) in [5, 5.41) is 0.683. The lowest BCUT2D eigenvalue weighted by Gasteiger charge is -2.39. The van der Waals surface area contributed by atoms with E-state index in [1.807, 2.05) is 24.3 Å². The molecule has 0 unspecified atom stereocenters. The summed E-state index contributed by atoms with van der Waals surface area (Å²) in [5.74, 6) is 0. The highest BCUT2D eigenvalue weighted by atomic mass is 35.5. The number of nitrogens with zero attached hydrogens (tertiary/aromatic N) is 1. The van der Waals surface area contributed by atoms with Crippen molar-refractivity contribution in [3.8, 4) is 0 Å². The van der Waals surface area contributed by atoms with Crippen LogP contribution in [0.5, 0.6) is 0 Å². The third-order valence-electron chi connectivity index (χ3n) is 3.88. The van der Waals surface area contributed by atoms with Gasteiger partial charge in [0, 0.05) is 16.7 Å². The van der Waals surface area contributed by atoms with Crippen LogP contribution in [-0.2, 0) is 15.4 Å². The van der Waals surface area contributed by atoms with Crippen LogP contribution >= 0.6 is 11.6 Å². The zero-order valence-electron chi connectivity index (χ0n) is 12.1. The summed E-state index contributed by atoms with van der Waals surface area (Å²) in [7, 11) is -3.48. The molecule has 1 aromatic carbocycles. The Morgan fingerprint density at radius 2 is 1.75 bits per heavy atom. The van der Waals surface area contributed by atoms with Gasteiger partial charge in [-0.15, -0.1) is 0 Å². The average molecular weight is 314 g/mol. The monoisotopic (exact) mass is 313 g/mol. The van der Waals surface area contributed by atoms with Gasteiger partial charge in [-0.2, -0.15) is 4.40 Å². The summed E-state index contributed by atoms with van der Waals surface area (Å²) in [6.07, 6.45) is 4.57. The minimum atomic E-state index is -3.48. The normalized spacial score (nSPS) is 19.0. The molecule has 0 amide bonds. The summed E-state index contributed by atoms with van der Waals surface area (Å²) in [5.41, 5.74) is 0.837. The summed E-state index contributed by atoms with van der Waals surface area (Å²) in [6, 6.07) is 7.58. The Bertz CT molecular complexity index is 608. The van der Waals surface area contributed by atoms with Gasteiger partial charge in [0.2, 0.25) is 0 Å². The topological polar surface area (TPSA) is 46.5 Å². The van der Waals surface area contributed by atoms with Gasteiger partial charge in [-0.05, 0) is 51.3 Å². The van der Waals surface area contributed by atoms with Crippen molar-refractivity contribution in [1.82, 2.24) is 0 Å². The summed E-state index contributed by atoms with van der Waals surface area (Å²) in [4.78, 5) is 0. The molecule has 20 heavy (non-hydrogen) atoms. The number of sulfonamides is 1. The van der Waals surface area contributed by atoms with Crippen LogP contribution in [0.15, 0.2) is 28.7 Å². The van der Waals surface area contributed by atoms with Gasteiger partial charge < -0.3 is 0 Å². The smallest absolute Gasteiger partial charge is 0.204 e. The third-order valence-corrected chi connectivity index (χ3v) is 6.06. The Kier molecular flexibility index (Phi) is 4.00. The molecule has 1 aromatic rings. The first-order chi connectivity index (χ1) is 9.16. The van der Waals surface area contributed by atoms with E-state index in [1.165, 1.54) is 0 Å². The number of hydrogen-bond acceptors (Lipinski definition) is 2. The molecule has 0 aliphatic heterocycles. The molecule has 1 aliphatic carbocycles. The molecule has 0 saturated heterocycles. The zero-order valence-corrected chi connectivity index (χ0v) is 13.6. The van der Waals surface area contributed by atoms with E-state index in [2.05, 4.69) is 4.40 Å². The summed E-state index contributed by atoms with van der Waals surface area (Å²) >= 11 is 5.90. The predicted molar refractivity (Wildman–Crippen MR) is 84.1 cm³/mol. The van der Waals surface area contributed by atoms with Gasteiger partial charge in [0.15, 0.2) is 0 Å². The van der Waals surface area contributed by atoms with E-state index >= 15 is 0 Å². The van der Waals surface area contributed by atoms with Crippen LogP contribution in [0.2, 0.25) is 5.02 Å². The molecule has 2 rings (SSSR count). The minimum Gasteiger partial charge on any atom is -0.204 e. The lowest BCUT2D eigenvalue weighted by atomic mass is 9.65. The second-order valence-electron chi connectivity index (χ2n) is 6.34. The highest BCUT2D eigenvalue weighted by Gasteiger charge is 2.38. The van der Waals surface area contributed by atoms with Gasteiger partial charge in [0.1, 0.15) is 0 Å². The van der Waals surface area contributed by atoms with E-state index in [9.17, 15) is 8.42 Å². The SMILES string of the molecule is CC(C)(C)S(=O)(=O)N=CC1(c2ccc(Cl)cc2)CCC1. The molecular weight excluding hydrogens is 294 g/mol. The van der Waals surface area contributed by atoms with Crippen LogP contribution in [0.25, 0.3) is 0 Å². The number of hydrogen-bond donors (Lipinski definition) is 0. The Morgan fingerprint density at radius 1 is 1.20 bits per heavy atom. The number of benzene rings is 1. The maximum absolute atomic E-state index is 12.1. The number of halogens is 1. The summed E-state index contributed by atoms with van der Waals surface area (Å²) < 4.78 is 27.3. The molecule has 0 spiro atoms. The molecule has 0 aromatic heterocycles. The van der Waals surface area contributed by atoms with Crippen LogP contribution < -0.4 is 0 Å². The first-order valence-electron chi connectivity index (χ1n) is 6.73. The minimum absolute atomic E-state index is 0.247. The molecule has 0 N–H and O–H groups in total. The zero-order chi connectivity index (χ0) is 15.0. The fourth-order valence-corrected chi connectivity index (χ4v) is 2.94. The highest BCUT2D eigenvalue weighted by molar-refractivity contribution is 7.91. The van der Waals surface area contributed by atoms with Crippen molar-refractivity contribution in [2.24, 2.45) is 4.40 Å². The molecule has 0 heterocycles. The Morgan fingerprint density at radius 3 is 2.15 bits per heavy atom. The van der Waals surface area contributed by atoms with Crippen molar-refractivity contribution in [3.05, 3.63) is 34.9 Å². The quantitative estimate of drug-likeness (QED) is 0.793. The maximum Gasteiger partial charge on any atom is 0.257 e. The van der Waals surface area contributed by atoms with E-state index in [1.54, 1.807) is 27.0 Å². The molecule has 1 fully saturated rings. The van der Waals surface area contributed by atoms with Crippen LogP contribution in [0.1, 0.15) is 45.6 Å². The van der Waals surface area contributed by atoms with Crippen molar-refractivity contribution < 1.29 is 8.42 Å². The second-order valence-corrected chi connectivity index (χ2v) is 9.16. The first-order valence-corrected chi connectivity index (χ1v) is 8.55. The van der Waals surface area contributed by atoms with Crippen molar-refractivity contribution in [3.63, 3.8) is 0 Å². The van der Waals surface area contributed by atoms with E-state index in [0.717, 1.165) is 24.8 Å². The lowest BCUT2D eigenvalue weighted by molar-refractivity contribution is 0.348. The summed E-state index contributed by atoms with van der Waals surface area (Å²) in [6.45, 7) is 4.99. The molecule has 0 atom stereocenters. The molecule has 1 saturated carbocycles. The van der Waals surface area contributed by atoms with Crippen LogP contribution in [0.4, 0.5) is 0 Å². The predicted octanol–water partition coefficient (Wildman–Crippen LogP) is 3.96. The first kappa shape index (κ1) is 15.5. The molecule has 3 nitrogen and oxygen atoms in total. The number of rotatable bonds is 3. The maximum atomic E-state index is 12.1. The largest absolute Gasteiger partial charge is 0.257 e. The molecule has 110 valence electrons. The Labute approximate surface area is 126 Å².